The van der Waals surface area contributed by atoms with Crippen LogP contribution in [0.1, 0.15) is 408 Å². The van der Waals surface area contributed by atoms with E-state index < -0.39 is 97.5 Å². The molecule has 3 N–H and O–H groups in total. The molecule has 0 aliphatic carbocycles. The molecule has 6 atom stereocenters. The van der Waals surface area contributed by atoms with Crippen molar-refractivity contribution in [3.63, 3.8) is 0 Å². The molecule has 0 spiro atoms. The van der Waals surface area contributed by atoms with Gasteiger partial charge < -0.3 is 33.8 Å². The zero-order chi connectivity index (χ0) is 71.4. The van der Waals surface area contributed by atoms with Crippen LogP contribution in [0.5, 0.6) is 0 Å². The van der Waals surface area contributed by atoms with E-state index in [1.807, 2.05) is 0 Å². The van der Waals surface area contributed by atoms with Gasteiger partial charge in [0.25, 0.3) is 0 Å². The second-order valence-electron chi connectivity index (χ2n) is 28.8. The predicted octanol–water partition coefficient (Wildman–Crippen LogP) is 23.1. The molecule has 0 bridgehead atoms. The molecular formula is C78H152O17P2. The van der Waals surface area contributed by atoms with Crippen molar-refractivity contribution in [3.8, 4) is 0 Å². The van der Waals surface area contributed by atoms with E-state index in [1.165, 1.54) is 225 Å². The number of ether oxygens (including phenoxy) is 4. The molecule has 0 radical (unpaired) electrons. The molecule has 0 rings (SSSR count). The largest absolute Gasteiger partial charge is 0.472 e. The number of unbranched alkanes of at least 4 members (excludes halogenated alkanes) is 46. The number of hydrogen-bond donors (Lipinski definition) is 3. The molecule has 0 amide bonds. The molecule has 3 unspecified atom stereocenters. The fourth-order valence-electron chi connectivity index (χ4n) is 12.0. The van der Waals surface area contributed by atoms with Gasteiger partial charge in [0.05, 0.1) is 26.4 Å². The third-order valence-corrected chi connectivity index (χ3v) is 20.5. The quantitative estimate of drug-likeness (QED) is 0.0222. The van der Waals surface area contributed by atoms with Crippen molar-refractivity contribution in [2.75, 3.05) is 39.6 Å². The van der Waals surface area contributed by atoms with Crippen molar-refractivity contribution in [1.82, 2.24) is 0 Å². The average molecular weight is 1420 g/mol. The molecule has 17 nitrogen and oxygen atoms in total. The van der Waals surface area contributed by atoms with Crippen molar-refractivity contribution in [2.24, 2.45) is 11.8 Å². The molecule has 0 aliphatic heterocycles. The number of rotatable bonds is 77. The summed E-state index contributed by atoms with van der Waals surface area (Å²) in [5.41, 5.74) is 0. The molecule has 0 fully saturated rings. The van der Waals surface area contributed by atoms with Crippen molar-refractivity contribution in [1.29, 1.82) is 0 Å². The van der Waals surface area contributed by atoms with Gasteiger partial charge in [0.1, 0.15) is 19.3 Å². The molecule has 0 saturated carbocycles. The zero-order valence-electron chi connectivity index (χ0n) is 63.4. The van der Waals surface area contributed by atoms with E-state index in [0.717, 1.165) is 102 Å². The third-order valence-electron chi connectivity index (χ3n) is 18.6. The van der Waals surface area contributed by atoms with E-state index >= 15 is 0 Å². The Balaban J connectivity index is 5.19. The van der Waals surface area contributed by atoms with Gasteiger partial charge in [0.2, 0.25) is 0 Å². The predicted molar refractivity (Wildman–Crippen MR) is 395 cm³/mol. The maximum absolute atomic E-state index is 13.1. The van der Waals surface area contributed by atoms with Crippen LogP contribution in [-0.2, 0) is 65.4 Å². The van der Waals surface area contributed by atoms with Crippen LogP contribution in [0.4, 0.5) is 0 Å². The SMILES string of the molecule is CCCCCCCCCCCCCCCCCCCC(=O)OC[C@H](COP(=O)(O)OC[C@@H](O)COP(=O)(O)OC[C@@H](COC(=O)CCCCCCCCCCC)OC(=O)CCCCCCCCC(C)CC)OC(=O)CCCCCCCCCCCCCCCCCCCCC(C)C. The second kappa shape index (κ2) is 69.8. The maximum Gasteiger partial charge on any atom is 0.472 e. The molecule has 0 saturated heterocycles. The Morgan fingerprint density at radius 1 is 0.299 bits per heavy atom. The number of carbonyl (C=O) groups excluding carboxylic acids is 4. The second-order valence-corrected chi connectivity index (χ2v) is 31.7. The van der Waals surface area contributed by atoms with Gasteiger partial charge in [-0.3, -0.25) is 37.3 Å². The van der Waals surface area contributed by atoms with Gasteiger partial charge in [-0.1, -0.05) is 356 Å². The lowest BCUT2D eigenvalue weighted by atomic mass is 10.00. The molecule has 97 heavy (non-hydrogen) atoms. The average Bonchev–Trinajstić information content (AvgIpc) is 1.33. The van der Waals surface area contributed by atoms with Crippen LogP contribution in [-0.4, -0.2) is 96.7 Å². The van der Waals surface area contributed by atoms with Gasteiger partial charge in [0.15, 0.2) is 12.2 Å². The van der Waals surface area contributed by atoms with Gasteiger partial charge in [-0.05, 0) is 37.5 Å². The topological polar surface area (TPSA) is 237 Å². The van der Waals surface area contributed by atoms with Crippen LogP contribution in [0.2, 0.25) is 0 Å². The normalized spacial score (nSPS) is 14.2. The molecule has 576 valence electrons. The lowest BCUT2D eigenvalue weighted by Crippen LogP contribution is -2.30. The van der Waals surface area contributed by atoms with E-state index in [2.05, 4.69) is 41.5 Å². The van der Waals surface area contributed by atoms with E-state index in [4.69, 9.17) is 37.0 Å². The van der Waals surface area contributed by atoms with Crippen LogP contribution < -0.4 is 0 Å². The van der Waals surface area contributed by atoms with Crippen molar-refractivity contribution in [3.05, 3.63) is 0 Å². The van der Waals surface area contributed by atoms with Crippen LogP contribution >= 0.6 is 15.6 Å². The van der Waals surface area contributed by atoms with Gasteiger partial charge in [-0.25, -0.2) is 9.13 Å². The van der Waals surface area contributed by atoms with Gasteiger partial charge in [0, 0.05) is 25.7 Å². The van der Waals surface area contributed by atoms with Gasteiger partial charge >= 0.3 is 39.5 Å². The Morgan fingerprint density at radius 3 is 0.784 bits per heavy atom. The number of esters is 4. The summed E-state index contributed by atoms with van der Waals surface area (Å²) in [6.07, 6.45) is 58.5. The minimum atomic E-state index is -4.96. The minimum absolute atomic E-state index is 0.103. The number of hydrogen-bond acceptors (Lipinski definition) is 15. The summed E-state index contributed by atoms with van der Waals surface area (Å²) in [4.78, 5) is 72.8. The van der Waals surface area contributed by atoms with E-state index in [0.29, 0.717) is 25.7 Å². The standard InChI is InChI=1S/C78H152O17P2/c1-7-10-12-14-16-18-19-20-21-24-28-31-34-38-42-49-55-61-76(81)89-66-73(94-77(82)62-56-50-43-39-35-32-29-26-23-22-25-27-30-33-37-40-46-52-58-70(4)5)68-92-96(84,85)90-64-72(79)65-91-97(86,87)93-69-74(67-88-75(80)60-54-48-41-36-17-15-13-11-8-2)95-78(83)63-57-51-45-44-47-53-59-71(6)9-3/h70-74,79H,7-69H2,1-6H3,(H,84,85)(H,86,87)/t71?,72-,73-,74-/m1/s1. The lowest BCUT2D eigenvalue weighted by Gasteiger charge is -2.21. The van der Waals surface area contributed by atoms with Crippen LogP contribution in [0.25, 0.3) is 0 Å². The summed E-state index contributed by atoms with van der Waals surface area (Å²) >= 11 is 0. The first-order valence-corrected chi connectivity index (χ1v) is 43.5. The highest BCUT2D eigenvalue weighted by molar-refractivity contribution is 7.47. The smallest absolute Gasteiger partial charge is 0.462 e. The molecule has 0 aromatic rings. The summed E-state index contributed by atoms with van der Waals surface area (Å²) in [5, 5.41) is 10.6. The maximum atomic E-state index is 13.1. The Hall–Kier alpha value is -1.94. The molecular weight excluding hydrogens is 1270 g/mol. The summed E-state index contributed by atoms with van der Waals surface area (Å²) in [6.45, 7) is 9.58. The monoisotopic (exact) mass is 1420 g/mol. The Bertz CT molecular complexity index is 1870. The van der Waals surface area contributed by atoms with Crippen molar-refractivity contribution in [2.45, 2.75) is 426 Å². The number of phosphoric acid groups is 2. The Kier molecular flexibility index (Phi) is 68.4. The first kappa shape index (κ1) is 95.1. The molecule has 19 heteroatoms. The van der Waals surface area contributed by atoms with Crippen molar-refractivity contribution >= 4 is 39.5 Å². The first-order valence-electron chi connectivity index (χ1n) is 40.5. The van der Waals surface area contributed by atoms with E-state index in [-0.39, 0.29) is 25.7 Å². The number of aliphatic hydroxyl groups excluding tert-OH is 1. The molecule has 0 aromatic carbocycles. The van der Waals surface area contributed by atoms with E-state index in [9.17, 15) is 43.2 Å². The van der Waals surface area contributed by atoms with E-state index in [1.54, 1.807) is 0 Å². The van der Waals surface area contributed by atoms with Crippen LogP contribution in [0.15, 0.2) is 0 Å². The highest BCUT2D eigenvalue weighted by Crippen LogP contribution is 2.45. The fourth-order valence-corrected chi connectivity index (χ4v) is 13.6. The van der Waals surface area contributed by atoms with Crippen molar-refractivity contribution < 1.29 is 80.2 Å². The highest BCUT2D eigenvalue weighted by atomic mass is 31.2. The summed E-state index contributed by atoms with van der Waals surface area (Å²) < 4.78 is 68.5. The third kappa shape index (κ3) is 70.9. The first-order chi connectivity index (χ1) is 46.9. The molecule has 0 heterocycles. The van der Waals surface area contributed by atoms with Gasteiger partial charge in [-0.15, -0.1) is 0 Å². The molecule has 0 aliphatic rings. The molecule has 0 aromatic heterocycles. The summed E-state index contributed by atoms with van der Waals surface area (Å²) in [7, 11) is -9.91. The van der Waals surface area contributed by atoms with Crippen LogP contribution in [0, 0.1) is 11.8 Å². The minimum Gasteiger partial charge on any atom is -0.462 e. The number of phosphoric ester groups is 2. The summed E-state index contributed by atoms with van der Waals surface area (Å²) in [6, 6.07) is 0. The van der Waals surface area contributed by atoms with Crippen LogP contribution in [0.3, 0.4) is 0 Å². The zero-order valence-corrected chi connectivity index (χ0v) is 65.2. The lowest BCUT2D eigenvalue weighted by molar-refractivity contribution is -0.161. The fraction of sp³-hybridized carbons (Fsp3) is 0.949. The summed E-state index contributed by atoms with van der Waals surface area (Å²) in [5.74, 6) is -0.577. The van der Waals surface area contributed by atoms with Gasteiger partial charge in [-0.2, -0.15) is 0 Å². The Morgan fingerprint density at radius 2 is 0.526 bits per heavy atom. The number of carbonyl (C=O) groups is 4. The highest BCUT2D eigenvalue weighted by Gasteiger charge is 2.30. The number of aliphatic hydroxyl groups is 1. The Labute approximate surface area is 594 Å².